The van der Waals surface area contributed by atoms with Crippen molar-refractivity contribution in [2.45, 2.75) is 33.4 Å². The maximum absolute atomic E-state index is 12.0. The molecule has 0 spiro atoms. The number of hydrogen-bond acceptors (Lipinski definition) is 6. The van der Waals surface area contributed by atoms with E-state index < -0.39 is 5.97 Å². The van der Waals surface area contributed by atoms with Gasteiger partial charge < -0.3 is 19.9 Å². The van der Waals surface area contributed by atoms with Gasteiger partial charge in [-0.2, -0.15) is 4.98 Å². The van der Waals surface area contributed by atoms with Gasteiger partial charge in [-0.3, -0.25) is 0 Å². The van der Waals surface area contributed by atoms with Gasteiger partial charge in [0.25, 0.3) is 0 Å². The smallest absolute Gasteiger partial charge is 0.338 e. The fourth-order valence-electron chi connectivity index (χ4n) is 1.77. The van der Waals surface area contributed by atoms with Gasteiger partial charge in [0, 0.05) is 18.7 Å². The van der Waals surface area contributed by atoms with Crippen LogP contribution in [0, 0.1) is 6.92 Å². The van der Waals surface area contributed by atoms with Crippen LogP contribution < -0.4 is 10.6 Å². The van der Waals surface area contributed by atoms with Crippen LogP contribution in [0.25, 0.3) is 0 Å². The fraction of sp³-hybridized carbons (Fsp3) is 0.333. The highest BCUT2D eigenvalue weighted by atomic mass is 16.5. The highest BCUT2D eigenvalue weighted by Crippen LogP contribution is 2.12. The number of aromatic nitrogens is 2. The van der Waals surface area contributed by atoms with Crippen LogP contribution in [0.4, 0.5) is 10.5 Å². The molecule has 1 aromatic heterocycles. The van der Waals surface area contributed by atoms with Gasteiger partial charge in [-0.05, 0) is 32.0 Å². The summed E-state index contributed by atoms with van der Waals surface area (Å²) in [5.74, 6) is 0.153. The molecule has 0 aliphatic carbocycles. The lowest BCUT2D eigenvalue weighted by Gasteiger charge is -2.10. The molecule has 0 radical (unpaired) electrons. The first-order valence-corrected chi connectivity index (χ1v) is 7.08. The summed E-state index contributed by atoms with van der Waals surface area (Å²) in [7, 11) is 0. The second-order valence-corrected chi connectivity index (χ2v) is 5.14. The van der Waals surface area contributed by atoms with E-state index in [1.165, 1.54) is 6.07 Å². The number of nitrogens with zero attached hydrogens (tertiary/aromatic N) is 2. The van der Waals surface area contributed by atoms with Crippen LogP contribution in [0.2, 0.25) is 0 Å². The minimum atomic E-state index is -0.541. The number of nitrogens with one attached hydrogen (secondary N) is 2. The molecule has 2 amide bonds. The van der Waals surface area contributed by atoms with E-state index in [1.54, 1.807) is 25.1 Å². The summed E-state index contributed by atoms with van der Waals surface area (Å²) in [5.41, 5.74) is 0.806. The number of carbonyl (C=O) groups excluding carboxylic acids is 2. The molecule has 0 bridgehead atoms. The monoisotopic (exact) mass is 318 g/mol. The number of esters is 1. The maximum Gasteiger partial charge on any atom is 0.338 e. The molecule has 0 unspecified atom stereocenters. The van der Waals surface area contributed by atoms with Gasteiger partial charge in [0.15, 0.2) is 6.61 Å². The van der Waals surface area contributed by atoms with Crippen LogP contribution in [-0.2, 0) is 11.3 Å². The molecule has 1 aromatic carbocycles. The normalized spacial score (nSPS) is 10.4. The molecule has 1 heterocycles. The van der Waals surface area contributed by atoms with E-state index >= 15 is 0 Å². The summed E-state index contributed by atoms with van der Waals surface area (Å²) >= 11 is 0. The number of ether oxygens (including phenoxy) is 1. The predicted molar refractivity (Wildman–Crippen MR) is 81.9 cm³/mol. The lowest BCUT2D eigenvalue weighted by Crippen LogP contribution is -2.34. The average Bonchev–Trinajstić information content (AvgIpc) is 2.89. The fourth-order valence-corrected chi connectivity index (χ4v) is 1.77. The Morgan fingerprint density at radius 1 is 1.35 bits per heavy atom. The Labute approximate surface area is 133 Å². The summed E-state index contributed by atoms with van der Waals surface area (Å²) in [4.78, 5) is 27.6. The molecular weight excluding hydrogens is 300 g/mol. The molecule has 8 heteroatoms. The van der Waals surface area contributed by atoms with Crippen LogP contribution in [0.5, 0.6) is 0 Å². The van der Waals surface area contributed by atoms with Gasteiger partial charge in [-0.15, -0.1) is 0 Å². The molecule has 0 saturated heterocycles. The Bertz CT molecular complexity index is 696. The van der Waals surface area contributed by atoms with Crippen LogP contribution >= 0.6 is 0 Å². The van der Waals surface area contributed by atoms with Crippen molar-refractivity contribution in [1.29, 1.82) is 0 Å². The van der Waals surface area contributed by atoms with Crippen molar-refractivity contribution < 1.29 is 18.8 Å². The first-order chi connectivity index (χ1) is 10.9. The molecule has 0 aliphatic heterocycles. The minimum Gasteiger partial charge on any atom is -0.454 e. The third kappa shape index (κ3) is 5.10. The second-order valence-electron chi connectivity index (χ2n) is 5.14. The summed E-state index contributed by atoms with van der Waals surface area (Å²) in [6, 6.07) is 6.13. The molecule has 2 rings (SSSR count). The zero-order valence-corrected chi connectivity index (χ0v) is 13.1. The van der Waals surface area contributed by atoms with E-state index in [-0.39, 0.29) is 18.7 Å². The van der Waals surface area contributed by atoms with E-state index in [4.69, 9.17) is 9.26 Å². The Hall–Kier alpha value is -2.90. The van der Waals surface area contributed by atoms with E-state index in [2.05, 4.69) is 20.8 Å². The maximum atomic E-state index is 12.0. The van der Waals surface area contributed by atoms with Gasteiger partial charge in [-0.1, -0.05) is 11.2 Å². The summed E-state index contributed by atoms with van der Waals surface area (Å²) in [5, 5.41) is 8.98. The standard InChI is InChI=1S/C15H18N4O4/c1-9(2)16-15(21)18-12-6-4-5-11(7-12)14(20)22-8-13-17-10(3)23-19-13/h4-7,9H,8H2,1-3H3,(H2,16,18,21). The molecule has 0 atom stereocenters. The number of hydrogen-bond donors (Lipinski definition) is 2. The van der Waals surface area contributed by atoms with Crippen molar-refractivity contribution in [3.63, 3.8) is 0 Å². The number of anilines is 1. The predicted octanol–water partition coefficient (Wildman–Crippen LogP) is 2.26. The first-order valence-electron chi connectivity index (χ1n) is 7.08. The van der Waals surface area contributed by atoms with Gasteiger partial charge in [-0.25, -0.2) is 9.59 Å². The molecule has 8 nitrogen and oxygen atoms in total. The largest absolute Gasteiger partial charge is 0.454 e. The third-order valence-corrected chi connectivity index (χ3v) is 2.68. The van der Waals surface area contributed by atoms with Crippen molar-refractivity contribution in [3.8, 4) is 0 Å². The van der Waals surface area contributed by atoms with Crippen molar-refractivity contribution in [1.82, 2.24) is 15.5 Å². The van der Waals surface area contributed by atoms with Crippen LogP contribution in [0.3, 0.4) is 0 Å². The number of rotatable bonds is 5. The third-order valence-electron chi connectivity index (χ3n) is 2.68. The average molecular weight is 318 g/mol. The van der Waals surface area contributed by atoms with E-state index in [9.17, 15) is 9.59 Å². The SMILES string of the molecule is Cc1nc(COC(=O)c2cccc(NC(=O)NC(C)C)c2)no1. The quantitative estimate of drug-likeness (QED) is 0.819. The highest BCUT2D eigenvalue weighted by molar-refractivity contribution is 5.93. The van der Waals surface area contributed by atoms with E-state index in [0.29, 0.717) is 23.0 Å². The number of benzene rings is 1. The number of aryl methyl sites for hydroxylation is 1. The van der Waals surface area contributed by atoms with Gasteiger partial charge in [0.05, 0.1) is 5.56 Å². The molecule has 0 saturated carbocycles. The summed E-state index contributed by atoms with van der Waals surface area (Å²) in [6.45, 7) is 5.28. The van der Waals surface area contributed by atoms with Gasteiger partial charge >= 0.3 is 12.0 Å². The highest BCUT2D eigenvalue weighted by Gasteiger charge is 2.11. The number of amides is 2. The Kier molecular flexibility index (Phi) is 5.29. The second kappa shape index (κ2) is 7.39. The topological polar surface area (TPSA) is 106 Å². The Balaban J connectivity index is 1.95. The zero-order chi connectivity index (χ0) is 16.8. The van der Waals surface area contributed by atoms with Crippen LogP contribution in [0.15, 0.2) is 28.8 Å². The van der Waals surface area contributed by atoms with Crippen molar-refractivity contribution in [2.24, 2.45) is 0 Å². The summed E-state index contributed by atoms with van der Waals surface area (Å²) < 4.78 is 9.89. The minimum absolute atomic E-state index is 0.0153. The van der Waals surface area contributed by atoms with Crippen molar-refractivity contribution in [2.75, 3.05) is 5.32 Å². The lowest BCUT2D eigenvalue weighted by atomic mass is 10.2. The molecule has 23 heavy (non-hydrogen) atoms. The molecule has 2 aromatic rings. The van der Waals surface area contributed by atoms with E-state index in [0.717, 1.165) is 0 Å². The van der Waals surface area contributed by atoms with Crippen molar-refractivity contribution in [3.05, 3.63) is 41.5 Å². The Morgan fingerprint density at radius 3 is 2.78 bits per heavy atom. The Morgan fingerprint density at radius 2 is 2.13 bits per heavy atom. The molecule has 122 valence electrons. The van der Waals surface area contributed by atoms with E-state index in [1.807, 2.05) is 13.8 Å². The zero-order valence-electron chi connectivity index (χ0n) is 13.1. The number of carbonyl (C=O) groups is 2. The van der Waals surface area contributed by atoms with Crippen molar-refractivity contribution >= 4 is 17.7 Å². The number of urea groups is 1. The first kappa shape index (κ1) is 16.5. The van der Waals surface area contributed by atoms with Gasteiger partial charge in [0.1, 0.15) is 0 Å². The van der Waals surface area contributed by atoms with Gasteiger partial charge in [0.2, 0.25) is 11.7 Å². The molecule has 0 aliphatic rings. The summed E-state index contributed by atoms with van der Waals surface area (Å²) in [6.07, 6.45) is 0. The molecular formula is C15H18N4O4. The molecule has 2 N–H and O–H groups in total. The van der Waals surface area contributed by atoms with Crippen LogP contribution in [-0.4, -0.2) is 28.2 Å². The molecule has 0 fully saturated rings. The lowest BCUT2D eigenvalue weighted by molar-refractivity contribution is 0.0459. The van der Waals surface area contributed by atoms with Crippen LogP contribution in [0.1, 0.15) is 35.9 Å².